The number of hydrogen-bond acceptors (Lipinski definition) is 16. The average molecular weight is 1040 g/mol. The molecule has 0 aromatic heterocycles. The average Bonchev–Trinajstić information content (AvgIpc) is 3.39. The number of ketones is 3. The van der Waals surface area contributed by atoms with Crippen LogP contribution in [0, 0.1) is 41.4 Å². The summed E-state index contributed by atoms with van der Waals surface area (Å²) in [6.45, 7) is 12.9. The van der Waals surface area contributed by atoms with E-state index >= 15 is 0 Å². The molecule has 17 atom stereocenters. The van der Waals surface area contributed by atoms with Gasteiger partial charge in [0.05, 0.1) is 50.8 Å². The zero-order valence-electron chi connectivity index (χ0n) is 45.2. The molecule has 1 amide bonds. The third-order valence-electron chi connectivity index (χ3n) is 16.6. The molecular weight excluding hydrogens is 955 g/mol. The van der Waals surface area contributed by atoms with Crippen LogP contribution >= 0.6 is 0 Å². The Bertz CT molecular complexity index is 2010. The second-order valence-electron chi connectivity index (χ2n) is 22.1. The van der Waals surface area contributed by atoms with E-state index in [9.17, 15) is 39.3 Å². The Morgan fingerprint density at radius 1 is 0.865 bits per heavy atom. The van der Waals surface area contributed by atoms with Gasteiger partial charge in [-0.3, -0.25) is 19.2 Å². The van der Waals surface area contributed by atoms with Gasteiger partial charge in [-0.15, -0.1) is 0 Å². The fourth-order valence-electron chi connectivity index (χ4n) is 12.2. The molecule has 6 aliphatic rings. The zero-order valence-corrected chi connectivity index (χ0v) is 45.2. The summed E-state index contributed by atoms with van der Waals surface area (Å²) in [5, 5.41) is 33.2. The van der Waals surface area contributed by atoms with Crippen LogP contribution in [0.5, 0.6) is 0 Å². The minimum absolute atomic E-state index is 0.00577. The van der Waals surface area contributed by atoms with Gasteiger partial charge in [-0.2, -0.15) is 0 Å². The van der Waals surface area contributed by atoms with Gasteiger partial charge in [0.25, 0.3) is 11.7 Å². The number of aliphatic hydroxyl groups excluding tert-OH is 2. The van der Waals surface area contributed by atoms with Crippen LogP contribution in [0.2, 0.25) is 0 Å². The Morgan fingerprint density at radius 3 is 2.36 bits per heavy atom. The van der Waals surface area contributed by atoms with Gasteiger partial charge in [-0.25, -0.2) is 4.79 Å². The largest absolute Gasteiger partial charge is 0.460 e. The number of nitrogens with zero attached hydrogens (tertiary/aromatic N) is 1. The molecule has 5 heterocycles. The van der Waals surface area contributed by atoms with Crippen LogP contribution in [0.25, 0.3) is 0 Å². The molecule has 0 aromatic rings. The normalized spacial score (nSPS) is 41.2. The molecule has 4 unspecified atom stereocenters. The van der Waals surface area contributed by atoms with Crippen LogP contribution < -0.4 is 0 Å². The van der Waals surface area contributed by atoms with Gasteiger partial charge < -0.3 is 58.1 Å². The van der Waals surface area contributed by atoms with E-state index in [2.05, 4.69) is 0 Å². The minimum Gasteiger partial charge on any atom is -0.460 e. The molecule has 1 saturated carbocycles. The van der Waals surface area contributed by atoms with E-state index in [1.165, 1.54) is 12.0 Å². The van der Waals surface area contributed by atoms with Crippen LogP contribution in [0.1, 0.15) is 119 Å². The highest BCUT2D eigenvalue weighted by atomic mass is 16.6. The van der Waals surface area contributed by atoms with E-state index in [1.807, 2.05) is 51.2 Å². The standard InChI is InChI=1S/C57H87NO16/c1-34-14-10-9-11-15-35(2)47(72-33-42-32-69-24-25-70-42)30-41-19-17-39(6)57(66,74-41)54(63)55(64)58-21-12-16-43-44(28-40-18-20-46(49(29-40)67-7)71-23-13-22-59)48(73-56(65)50(43)58)31-45(60)36(3)27-38(5)52(62)53(68-8)51(61)37(4)26-34/h9-11,14-15,27,34,36-37,39-44,46-50,52-53,59,62,66H,12-13,16-26,28-33H2,1-8H3/b11-9+,14-10+,35-15+,38-27+/t34-,36-,37-,39-,40+,41+,42?,43-,44?,46-,47?,48+,49-,50?,52-,53+,57-/m1/s1. The van der Waals surface area contributed by atoms with Crippen molar-refractivity contribution in [2.75, 3.05) is 60.4 Å². The highest BCUT2D eigenvalue weighted by Crippen LogP contribution is 2.46. The number of amides is 1. The van der Waals surface area contributed by atoms with Crippen molar-refractivity contribution in [3.8, 4) is 0 Å². The molecule has 5 fully saturated rings. The van der Waals surface area contributed by atoms with Crippen LogP contribution in [0.15, 0.2) is 47.6 Å². The molecule has 0 spiro atoms. The Kier molecular flexibility index (Phi) is 22.8. The monoisotopic (exact) mass is 1040 g/mol. The van der Waals surface area contributed by atoms with Crippen molar-refractivity contribution in [1.82, 2.24) is 4.90 Å². The molecular formula is C57H87NO16. The number of hydrogen-bond donors (Lipinski definition) is 3. The van der Waals surface area contributed by atoms with E-state index < -0.39 is 89.6 Å². The minimum atomic E-state index is -2.49. The number of esters is 1. The predicted octanol–water partition coefficient (Wildman–Crippen LogP) is 5.59. The molecule has 3 N–H and O–H groups in total. The number of fused-ring (bicyclic) bond motifs is 4. The summed E-state index contributed by atoms with van der Waals surface area (Å²) in [6, 6.07) is -1.15. The third kappa shape index (κ3) is 15.2. The van der Waals surface area contributed by atoms with Gasteiger partial charge in [0, 0.05) is 70.5 Å². The maximum atomic E-state index is 14.7. The Balaban J connectivity index is 1.33. The summed E-state index contributed by atoms with van der Waals surface area (Å²) in [4.78, 5) is 73.3. The van der Waals surface area contributed by atoms with Crippen molar-refractivity contribution in [2.45, 2.75) is 179 Å². The molecule has 4 bridgehead atoms. The number of carbonyl (C=O) groups is 5. The summed E-state index contributed by atoms with van der Waals surface area (Å²) in [5.41, 5.74) is 1.24. The summed E-state index contributed by atoms with van der Waals surface area (Å²) in [7, 11) is 3.03. The van der Waals surface area contributed by atoms with E-state index in [-0.39, 0.29) is 74.3 Å². The number of rotatable bonds is 11. The fraction of sp³-hybridized carbons (Fsp3) is 0.772. The van der Waals surface area contributed by atoms with Crippen molar-refractivity contribution in [1.29, 1.82) is 0 Å². The van der Waals surface area contributed by atoms with Crippen molar-refractivity contribution in [3.63, 3.8) is 0 Å². The van der Waals surface area contributed by atoms with Gasteiger partial charge in [0.1, 0.15) is 36.2 Å². The Morgan fingerprint density at radius 2 is 1.65 bits per heavy atom. The fourth-order valence-corrected chi connectivity index (χ4v) is 12.2. The van der Waals surface area contributed by atoms with Gasteiger partial charge >= 0.3 is 5.97 Å². The highest BCUT2D eigenvalue weighted by molar-refractivity contribution is 6.39. The van der Waals surface area contributed by atoms with Crippen molar-refractivity contribution in [2.24, 2.45) is 41.4 Å². The first-order valence-electron chi connectivity index (χ1n) is 27.4. The molecule has 6 rings (SSSR count). The van der Waals surface area contributed by atoms with Crippen LogP contribution in [0.3, 0.4) is 0 Å². The predicted molar refractivity (Wildman–Crippen MR) is 273 cm³/mol. The van der Waals surface area contributed by atoms with Gasteiger partial charge in [-0.05, 0) is 107 Å². The second-order valence-corrected chi connectivity index (χ2v) is 22.1. The van der Waals surface area contributed by atoms with Crippen LogP contribution in [0.4, 0.5) is 0 Å². The topological polar surface area (TPSA) is 223 Å². The number of allylic oxidation sites excluding steroid dienone is 6. The first-order valence-corrected chi connectivity index (χ1v) is 27.4. The quantitative estimate of drug-likeness (QED) is 0.0993. The third-order valence-corrected chi connectivity index (χ3v) is 16.6. The molecule has 17 heteroatoms. The maximum Gasteiger partial charge on any atom is 0.329 e. The number of methoxy groups -OCH3 is 2. The highest BCUT2D eigenvalue weighted by Gasteiger charge is 2.57. The molecule has 4 saturated heterocycles. The first-order chi connectivity index (χ1) is 35.4. The molecule has 74 heavy (non-hydrogen) atoms. The lowest BCUT2D eigenvalue weighted by Gasteiger charge is -2.50. The van der Waals surface area contributed by atoms with Crippen molar-refractivity contribution < 1.29 is 77.2 Å². The van der Waals surface area contributed by atoms with E-state index in [1.54, 1.807) is 34.0 Å². The van der Waals surface area contributed by atoms with Gasteiger partial charge in [-0.1, -0.05) is 64.2 Å². The lowest BCUT2D eigenvalue weighted by molar-refractivity contribution is -0.266. The van der Waals surface area contributed by atoms with Crippen molar-refractivity contribution >= 4 is 29.2 Å². The number of aliphatic hydroxyl groups is 3. The molecule has 0 radical (unpaired) electrons. The number of Topliss-reactive ketones (excluding diaryl/α,β-unsaturated/α-hetero) is 3. The summed E-state index contributed by atoms with van der Waals surface area (Å²) in [6.07, 6.45) is 11.6. The number of ether oxygens (including phenoxy) is 8. The van der Waals surface area contributed by atoms with Gasteiger partial charge in [0.15, 0.2) is 5.78 Å². The summed E-state index contributed by atoms with van der Waals surface area (Å²) in [5.74, 6) is -8.64. The second kappa shape index (κ2) is 28.2. The lowest BCUT2D eigenvalue weighted by Crippen LogP contribution is -2.65. The smallest absolute Gasteiger partial charge is 0.329 e. The molecule has 5 aliphatic heterocycles. The maximum absolute atomic E-state index is 14.7. The number of piperidine rings is 1. The molecule has 17 nitrogen and oxygen atoms in total. The Labute approximate surface area is 438 Å². The number of carbonyl (C=O) groups excluding carboxylic acids is 5. The SMILES string of the molecule is CO[C@@H]1C[C@H](CC2[C@H]3CCCN4C(=O)C(=O)[C@]5(O)O[C@@H](CC[C@H]5C)CC(OCC5COCCO5)/C(C)=C/C=C/C=C/[C@@H](C)C[C@@H](C)C(=O)[C@H](OC)[C@H](O)/C(C)=C/[C@@H](C)C(=O)C[C@@H]2OC(=O)C34)CC[C@H]1OCCCO. The molecule has 0 aromatic carbocycles. The summed E-state index contributed by atoms with van der Waals surface area (Å²) >= 11 is 0. The Hall–Kier alpha value is -3.49. The van der Waals surface area contributed by atoms with E-state index in [0.29, 0.717) is 89.8 Å². The van der Waals surface area contributed by atoms with Gasteiger partial charge in [0.2, 0.25) is 5.79 Å². The molecule has 1 aliphatic carbocycles. The lowest BCUT2D eigenvalue weighted by atomic mass is 9.68. The van der Waals surface area contributed by atoms with Crippen LogP contribution in [-0.4, -0.2) is 171 Å². The van der Waals surface area contributed by atoms with E-state index in [0.717, 1.165) is 12.0 Å². The molecule has 416 valence electrons. The summed E-state index contributed by atoms with van der Waals surface area (Å²) < 4.78 is 48.3. The zero-order chi connectivity index (χ0) is 53.7. The van der Waals surface area contributed by atoms with Crippen molar-refractivity contribution in [3.05, 3.63) is 47.6 Å². The first kappa shape index (κ1) is 59.7. The van der Waals surface area contributed by atoms with Crippen LogP contribution in [-0.2, 0) is 61.9 Å². The van der Waals surface area contributed by atoms with E-state index in [4.69, 9.17) is 37.9 Å².